The van der Waals surface area contributed by atoms with E-state index in [0.29, 0.717) is 26.2 Å². The van der Waals surface area contributed by atoms with Gasteiger partial charge in [-0.3, -0.25) is 4.90 Å². The standard InChI is InChI=1S/C22H35N3O2/c1-17-5-7-19(8-6-17)20(24-11-9-18(2)10-12-24)15-23-21(26)25-13-14-27-22(3,4)16-25/h5-8,18,20H,9-16H2,1-4H3,(H,23,26)/t20-/m0/s1. The number of morpholine rings is 1. The molecule has 1 N–H and O–H groups in total. The summed E-state index contributed by atoms with van der Waals surface area (Å²) < 4.78 is 5.73. The number of amides is 2. The molecular formula is C22H35N3O2. The van der Waals surface area contributed by atoms with Crippen LogP contribution in [0.25, 0.3) is 0 Å². The molecule has 0 spiro atoms. The van der Waals surface area contributed by atoms with Crippen LogP contribution < -0.4 is 5.32 Å². The Balaban J connectivity index is 1.66. The number of nitrogens with one attached hydrogen (secondary N) is 1. The first-order chi connectivity index (χ1) is 12.8. The van der Waals surface area contributed by atoms with Gasteiger partial charge >= 0.3 is 6.03 Å². The second kappa shape index (κ2) is 8.61. The van der Waals surface area contributed by atoms with Crippen LogP contribution in [0, 0.1) is 12.8 Å². The summed E-state index contributed by atoms with van der Waals surface area (Å²) in [6.07, 6.45) is 2.46. The lowest BCUT2D eigenvalue weighted by molar-refractivity contribution is -0.0734. The highest BCUT2D eigenvalue weighted by Crippen LogP contribution is 2.27. The van der Waals surface area contributed by atoms with E-state index in [1.165, 1.54) is 24.0 Å². The summed E-state index contributed by atoms with van der Waals surface area (Å²) >= 11 is 0. The van der Waals surface area contributed by atoms with Gasteiger partial charge < -0.3 is 15.0 Å². The SMILES string of the molecule is Cc1ccc([C@H](CNC(=O)N2CCOC(C)(C)C2)N2CCC(C)CC2)cc1. The summed E-state index contributed by atoms with van der Waals surface area (Å²) in [7, 11) is 0. The normalized spacial score (nSPS) is 22.4. The number of urea groups is 1. The van der Waals surface area contributed by atoms with E-state index in [-0.39, 0.29) is 17.7 Å². The molecule has 5 heteroatoms. The van der Waals surface area contributed by atoms with Crippen LogP contribution in [0.1, 0.15) is 50.8 Å². The topological polar surface area (TPSA) is 44.8 Å². The van der Waals surface area contributed by atoms with Gasteiger partial charge in [-0.25, -0.2) is 4.79 Å². The molecule has 2 fully saturated rings. The smallest absolute Gasteiger partial charge is 0.317 e. The van der Waals surface area contributed by atoms with Gasteiger partial charge in [-0.1, -0.05) is 36.8 Å². The molecule has 0 aliphatic carbocycles. The molecule has 2 aliphatic rings. The lowest BCUT2D eigenvalue weighted by atomic mass is 9.95. The summed E-state index contributed by atoms with van der Waals surface area (Å²) in [5.74, 6) is 0.796. The van der Waals surface area contributed by atoms with Crippen LogP contribution in [0.4, 0.5) is 4.79 Å². The van der Waals surface area contributed by atoms with E-state index in [4.69, 9.17) is 4.74 Å². The number of nitrogens with zero attached hydrogens (tertiary/aromatic N) is 2. The molecule has 2 heterocycles. The van der Waals surface area contributed by atoms with E-state index in [2.05, 4.69) is 48.3 Å². The van der Waals surface area contributed by atoms with E-state index in [0.717, 1.165) is 19.0 Å². The third-order valence-electron chi connectivity index (χ3n) is 5.88. The van der Waals surface area contributed by atoms with Crippen molar-refractivity contribution in [2.75, 3.05) is 39.3 Å². The Bertz CT molecular complexity index is 621. The molecule has 0 unspecified atom stereocenters. The van der Waals surface area contributed by atoms with Crippen LogP contribution in [0.3, 0.4) is 0 Å². The maximum absolute atomic E-state index is 12.8. The minimum absolute atomic E-state index is 0.0221. The van der Waals surface area contributed by atoms with Gasteiger partial charge in [0.15, 0.2) is 0 Å². The van der Waals surface area contributed by atoms with E-state index in [9.17, 15) is 4.79 Å². The zero-order valence-corrected chi connectivity index (χ0v) is 17.3. The number of rotatable bonds is 4. The van der Waals surface area contributed by atoms with Gasteiger partial charge in [-0.2, -0.15) is 0 Å². The number of hydrogen-bond acceptors (Lipinski definition) is 3. The highest BCUT2D eigenvalue weighted by Gasteiger charge is 2.31. The highest BCUT2D eigenvalue weighted by molar-refractivity contribution is 5.74. The number of carbonyl (C=O) groups is 1. The zero-order valence-electron chi connectivity index (χ0n) is 17.3. The van der Waals surface area contributed by atoms with Gasteiger partial charge in [0.25, 0.3) is 0 Å². The molecule has 0 saturated carbocycles. The largest absolute Gasteiger partial charge is 0.372 e. The number of benzene rings is 1. The van der Waals surface area contributed by atoms with Gasteiger partial charge in [0.05, 0.1) is 24.8 Å². The minimum Gasteiger partial charge on any atom is -0.372 e. The first-order valence-corrected chi connectivity index (χ1v) is 10.3. The number of carbonyl (C=O) groups excluding carboxylic acids is 1. The second-order valence-electron chi connectivity index (χ2n) is 8.86. The van der Waals surface area contributed by atoms with Gasteiger partial charge in [0.2, 0.25) is 0 Å². The average molecular weight is 374 g/mol. The molecular weight excluding hydrogens is 338 g/mol. The lowest BCUT2D eigenvalue weighted by Gasteiger charge is -2.39. The number of hydrogen-bond donors (Lipinski definition) is 1. The minimum atomic E-state index is -0.269. The predicted octanol–water partition coefficient (Wildman–Crippen LogP) is 3.59. The Labute approximate surface area is 164 Å². The fraction of sp³-hybridized carbons (Fsp3) is 0.682. The van der Waals surface area contributed by atoms with Crippen LogP contribution in [-0.2, 0) is 4.74 Å². The number of piperidine rings is 1. The Kier molecular flexibility index (Phi) is 6.43. The predicted molar refractivity (Wildman–Crippen MR) is 109 cm³/mol. The second-order valence-corrected chi connectivity index (χ2v) is 8.86. The van der Waals surface area contributed by atoms with Crippen molar-refractivity contribution < 1.29 is 9.53 Å². The molecule has 1 atom stereocenters. The summed E-state index contributed by atoms with van der Waals surface area (Å²) in [4.78, 5) is 17.2. The molecule has 0 aromatic heterocycles. The van der Waals surface area contributed by atoms with E-state index in [1.54, 1.807) is 0 Å². The first-order valence-electron chi connectivity index (χ1n) is 10.3. The van der Waals surface area contributed by atoms with Crippen LogP contribution in [0.5, 0.6) is 0 Å². The van der Waals surface area contributed by atoms with Gasteiger partial charge in [0.1, 0.15) is 0 Å². The fourth-order valence-electron chi connectivity index (χ4n) is 4.07. The van der Waals surface area contributed by atoms with Crippen molar-refractivity contribution in [1.29, 1.82) is 0 Å². The van der Waals surface area contributed by atoms with Crippen molar-refractivity contribution >= 4 is 6.03 Å². The molecule has 0 radical (unpaired) electrons. The maximum Gasteiger partial charge on any atom is 0.317 e. The number of aryl methyl sites for hydroxylation is 1. The van der Waals surface area contributed by atoms with Crippen LogP contribution in [0.15, 0.2) is 24.3 Å². The van der Waals surface area contributed by atoms with Crippen LogP contribution in [-0.4, -0.2) is 60.8 Å². The fourth-order valence-corrected chi connectivity index (χ4v) is 4.07. The molecule has 2 saturated heterocycles. The first kappa shape index (κ1) is 20.2. The molecule has 150 valence electrons. The third kappa shape index (κ3) is 5.45. The highest BCUT2D eigenvalue weighted by atomic mass is 16.5. The van der Waals surface area contributed by atoms with E-state index >= 15 is 0 Å². The van der Waals surface area contributed by atoms with Crippen molar-refractivity contribution in [3.05, 3.63) is 35.4 Å². The monoisotopic (exact) mass is 373 g/mol. The Morgan fingerprint density at radius 2 is 1.89 bits per heavy atom. The summed E-state index contributed by atoms with van der Waals surface area (Å²) in [6.45, 7) is 13.3. The summed E-state index contributed by atoms with van der Waals surface area (Å²) in [5, 5.41) is 3.20. The van der Waals surface area contributed by atoms with Crippen LogP contribution >= 0.6 is 0 Å². The van der Waals surface area contributed by atoms with E-state index in [1.807, 2.05) is 18.7 Å². The zero-order chi connectivity index (χ0) is 19.4. The summed E-state index contributed by atoms with van der Waals surface area (Å²) in [5.41, 5.74) is 2.29. The molecule has 5 nitrogen and oxygen atoms in total. The molecule has 27 heavy (non-hydrogen) atoms. The van der Waals surface area contributed by atoms with Crippen LogP contribution in [0.2, 0.25) is 0 Å². The molecule has 1 aromatic carbocycles. The van der Waals surface area contributed by atoms with E-state index < -0.39 is 0 Å². The third-order valence-corrected chi connectivity index (χ3v) is 5.88. The van der Waals surface area contributed by atoms with Crippen molar-refractivity contribution in [3.63, 3.8) is 0 Å². The van der Waals surface area contributed by atoms with Crippen molar-refractivity contribution in [3.8, 4) is 0 Å². The molecule has 3 rings (SSSR count). The molecule has 2 amide bonds. The Morgan fingerprint density at radius 1 is 1.22 bits per heavy atom. The molecule has 2 aliphatic heterocycles. The summed E-state index contributed by atoms with van der Waals surface area (Å²) in [6, 6.07) is 9.01. The Hall–Kier alpha value is -1.59. The van der Waals surface area contributed by atoms with Gasteiger partial charge in [-0.15, -0.1) is 0 Å². The molecule has 0 bridgehead atoms. The number of likely N-dealkylation sites (tertiary alicyclic amines) is 1. The maximum atomic E-state index is 12.8. The van der Waals surface area contributed by atoms with Crippen molar-refractivity contribution in [1.82, 2.24) is 15.1 Å². The number of ether oxygens (including phenoxy) is 1. The Morgan fingerprint density at radius 3 is 2.52 bits per heavy atom. The quantitative estimate of drug-likeness (QED) is 0.877. The lowest BCUT2D eigenvalue weighted by Crippen LogP contribution is -2.54. The van der Waals surface area contributed by atoms with Gasteiger partial charge in [0, 0.05) is 13.1 Å². The van der Waals surface area contributed by atoms with Crippen molar-refractivity contribution in [2.24, 2.45) is 5.92 Å². The molecule has 1 aromatic rings. The average Bonchev–Trinajstić information content (AvgIpc) is 2.63. The van der Waals surface area contributed by atoms with Crippen molar-refractivity contribution in [2.45, 2.75) is 52.2 Å². The van der Waals surface area contributed by atoms with Gasteiger partial charge in [-0.05, 0) is 58.2 Å².